The number of rotatable bonds is 9. The average molecular weight is 660 g/mol. The number of nitrogens with zero attached hydrogens (tertiary/aromatic N) is 1. The van der Waals surface area contributed by atoms with Gasteiger partial charge in [-0.1, -0.05) is 51.5 Å². The van der Waals surface area contributed by atoms with Gasteiger partial charge in [-0.25, -0.2) is 0 Å². The van der Waals surface area contributed by atoms with E-state index in [0.29, 0.717) is 11.6 Å². The number of hydrogen-bond donors (Lipinski definition) is 0. The van der Waals surface area contributed by atoms with E-state index in [1.165, 1.54) is 96.3 Å². The molecule has 0 N–H and O–H groups in total. The number of benzene rings is 2. The van der Waals surface area contributed by atoms with Gasteiger partial charge < -0.3 is 24.3 Å². The van der Waals surface area contributed by atoms with Gasteiger partial charge in [0.15, 0.2) is 0 Å². The monoisotopic (exact) mass is 659 g/mol. The van der Waals surface area contributed by atoms with Crippen molar-refractivity contribution in [2.24, 2.45) is 11.8 Å². The van der Waals surface area contributed by atoms with Crippen molar-refractivity contribution in [1.29, 1.82) is 0 Å². The summed E-state index contributed by atoms with van der Waals surface area (Å²) in [5.41, 5.74) is 6.83. The van der Waals surface area contributed by atoms with Crippen LogP contribution in [0.2, 0.25) is 0 Å². The van der Waals surface area contributed by atoms with Gasteiger partial charge in [-0.15, -0.1) is 0 Å². The Hall–Kier alpha value is -1.86. The topological polar surface area (TPSA) is 31.4 Å². The van der Waals surface area contributed by atoms with Gasteiger partial charge in [0.2, 0.25) is 0 Å². The molecule has 3 nitrogen and oxygen atoms in total. The summed E-state index contributed by atoms with van der Waals surface area (Å²) in [4.78, 5) is 4.58. The molecular weight excluding hydrogens is 601 g/mol. The fourth-order valence-corrected chi connectivity index (χ4v) is 10.9. The van der Waals surface area contributed by atoms with Crippen molar-refractivity contribution in [3.63, 3.8) is 0 Å². The van der Waals surface area contributed by atoms with Crippen LogP contribution in [0.15, 0.2) is 48.7 Å². The third kappa shape index (κ3) is 10.1. The minimum atomic E-state index is -0.515. The van der Waals surface area contributed by atoms with Crippen LogP contribution >= 0.6 is 7.92 Å². The number of aryl methyl sites for hydroxylation is 5. The SMILES string of the molecule is C1CCCC1.COc1c(C)cc(P(c2cc(C)c(OC)c(C)c2)C2CCCC2[C@@H](C)CCc2ccccn2)cc1C.[CH3-].[CH3-].[Fe+2]. The van der Waals surface area contributed by atoms with Gasteiger partial charge in [0.25, 0.3) is 0 Å². The molecule has 2 aromatic carbocycles. The molecule has 2 unspecified atom stereocenters. The van der Waals surface area contributed by atoms with Gasteiger partial charge in [0.05, 0.1) is 14.2 Å². The van der Waals surface area contributed by atoms with Crippen LogP contribution < -0.4 is 20.1 Å². The van der Waals surface area contributed by atoms with E-state index in [1.807, 2.05) is 12.3 Å². The molecule has 2 fully saturated rings. The minimum absolute atomic E-state index is 0. The molecule has 0 spiro atoms. The average Bonchev–Trinajstić information content (AvgIpc) is 3.69. The first-order valence-corrected chi connectivity index (χ1v) is 17.2. The maximum atomic E-state index is 5.73. The molecule has 1 heterocycles. The first-order valence-electron chi connectivity index (χ1n) is 15.8. The first kappa shape index (κ1) is 40.2. The number of hydrogen-bond acceptors (Lipinski definition) is 3. The standard InChI is InChI=1S/C32H42NO2P.C5H10.2CH3.Fe/c1-21(14-15-26-11-8-9-16-33-26)29-12-10-13-30(29)36(27-17-22(2)31(34-6)23(3)18-27)28-19-24(4)32(35-7)25(5)20-28;1-2-4-5-3-1;;;/h8-9,11,16-21,29-30H,10,12-15H2,1-7H3;1-5H2;2*1H3;/q;;2*-1;+2/t21-,29?,30?;;;;/m0..../s1. The van der Waals surface area contributed by atoms with Crippen molar-refractivity contribution >= 4 is 18.5 Å². The Kier molecular flexibility index (Phi) is 17.9. The summed E-state index contributed by atoms with van der Waals surface area (Å²) < 4.78 is 11.5. The Labute approximate surface area is 282 Å². The van der Waals surface area contributed by atoms with Gasteiger partial charge in [0, 0.05) is 11.9 Å². The molecule has 3 atom stereocenters. The predicted molar refractivity (Wildman–Crippen MR) is 190 cm³/mol. The number of ether oxygens (including phenoxy) is 2. The van der Waals surface area contributed by atoms with E-state index in [9.17, 15) is 0 Å². The van der Waals surface area contributed by atoms with Crippen LogP contribution in [-0.4, -0.2) is 24.9 Å². The fourth-order valence-electron chi connectivity index (χ4n) is 7.28. The molecule has 0 bridgehead atoms. The molecule has 0 radical (unpaired) electrons. The summed E-state index contributed by atoms with van der Waals surface area (Å²) >= 11 is 0. The molecule has 0 aliphatic heterocycles. The molecule has 2 aliphatic carbocycles. The molecular formula is C39H58FeNO2P. The van der Waals surface area contributed by atoms with Crippen LogP contribution in [-0.2, 0) is 23.5 Å². The third-order valence-electron chi connectivity index (χ3n) is 9.28. The van der Waals surface area contributed by atoms with E-state index in [0.717, 1.165) is 23.8 Å². The quantitative estimate of drug-likeness (QED) is 0.130. The molecule has 3 aromatic rings. The zero-order valence-corrected chi connectivity index (χ0v) is 31.0. The van der Waals surface area contributed by atoms with Crippen molar-refractivity contribution in [3.8, 4) is 11.5 Å². The van der Waals surface area contributed by atoms with Crippen LogP contribution in [0, 0.1) is 54.4 Å². The normalized spacial score (nSPS) is 17.8. The Morgan fingerprint density at radius 1 is 0.750 bits per heavy atom. The van der Waals surface area contributed by atoms with E-state index in [1.54, 1.807) is 14.2 Å². The summed E-state index contributed by atoms with van der Waals surface area (Å²) in [6.07, 6.45) is 15.6. The van der Waals surface area contributed by atoms with Crippen LogP contribution in [0.5, 0.6) is 11.5 Å². The van der Waals surface area contributed by atoms with Crippen molar-refractivity contribution in [2.75, 3.05) is 14.2 Å². The third-order valence-corrected chi connectivity index (χ3v) is 12.2. The number of pyridine rings is 1. The van der Waals surface area contributed by atoms with Gasteiger partial charge in [0.1, 0.15) is 11.5 Å². The molecule has 5 rings (SSSR count). The molecule has 44 heavy (non-hydrogen) atoms. The largest absolute Gasteiger partial charge is 2.00 e. The molecule has 2 saturated carbocycles. The zero-order valence-electron chi connectivity index (χ0n) is 29.0. The van der Waals surface area contributed by atoms with E-state index < -0.39 is 7.92 Å². The van der Waals surface area contributed by atoms with Crippen molar-refractivity contribution in [1.82, 2.24) is 4.98 Å². The van der Waals surface area contributed by atoms with Crippen molar-refractivity contribution in [3.05, 3.63) is 91.5 Å². The van der Waals surface area contributed by atoms with E-state index in [2.05, 4.69) is 76.0 Å². The summed E-state index contributed by atoms with van der Waals surface area (Å²) in [6, 6.07) is 15.9. The van der Waals surface area contributed by atoms with Crippen LogP contribution in [0.1, 0.15) is 92.7 Å². The molecule has 5 heteroatoms. The molecule has 2 aliphatic rings. The van der Waals surface area contributed by atoms with E-state index >= 15 is 0 Å². The van der Waals surface area contributed by atoms with Crippen LogP contribution in [0.3, 0.4) is 0 Å². The summed E-state index contributed by atoms with van der Waals surface area (Å²) in [5.74, 6) is 3.43. The Balaban J connectivity index is 0.00000110. The second-order valence-corrected chi connectivity index (χ2v) is 14.8. The Morgan fingerprint density at radius 3 is 1.64 bits per heavy atom. The van der Waals surface area contributed by atoms with E-state index in [-0.39, 0.29) is 31.9 Å². The summed E-state index contributed by atoms with van der Waals surface area (Å²) in [5, 5.41) is 2.97. The van der Waals surface area contributed by atoms with Crippen molar-refractivity contribution < 1.29 is 26.5 Å². The molecule has 0 amide bonds. The molecule has 244 valence electrons. The smallest absolute Gasteiger partial charge is 0.496 e. The predicted octanol–water partition coefficient (Wildman–Crippen LogP) is 10.1. The van der Waals surface area contributed by atoms with Crippen LogP contribution in [0.4, 0.5) is 0 Å². The molecule has 0 saturated heterocycles. The summed E-state index contributed by atoms with van der Waals surface area (Å²) in [7, 11) is 3.05. The number of methoxy groups -OCH3 is 2. The van der Waals surface area contributed by atoms with Crippen LogP contribution in [0.25, 0.3) is 0 Å². The van der Waals surface area contributed by atoms with Gasteiger partial charge in [-0.3, -0.25) is 4.98 Å². The maximum Gasteiger partial charge on any atom is 2.00 e. The second kappa shape index (κ2) is 19.6. The van der Waals surface area contributed by atoms with Gasteiger partial charge >= 0.3 is 17.1 Å². The summed E-state index contributed by atoms with van der Waals surface area (Å²) in [6.45, 7) is 11.2. The second-order valence-electron chi connectivity index (χ2n) is 12.4. The van der Waals surface area contributed by atoms with Gasteiger partial charge in [-0.05, 0) is 148 Å². The minimum Gasteiger partial charge on any atom is -0.496 e. The fraction of sp³-hybridized carbons (Fsp3) is 0.513. The van der Waals surface area contributed by atoms with E-state index in [4.69, 9.17) is 9.47 Å². The Morgan fingerprint density at radius 2 is 1.23 bits per heavy atom. The van der Waals surface area contributed by atoms with Crippen molar-refractivity contribution in [2.45, 2.75) is 104 Å². The first-order chi connectivity index (χ1) is 19.8. The Bertz CT molecular complexity index is 1150. The maximum absolute atomic E-state index is 5.73. The number of aromatic nitrogens is 1. The zero-order chi connectivity index (χ0) is 29.4. The molecule has 1 aromatic heterocycles. The van der Waals surface area contributed by atoms with Gasteiger partial charge in [-0.2, -0.15) is 0 Å².